The van der Waals surface area contributed by atoms with E-state index in [1.165, 1.54) is 0 Å². The molecule has 0 rings (SSSR count). The number of aliphatic hydroxyl groups excluding tert-OH is 1. The van der Waals surface area contributed by atoms with Gasteiger partial charge in [-0.3, -0.25) is 9.59 Å². The number of hydrogen-bond acceptors (Lipinski definition) is 4. The average molecular weight is 217 g/mol. The molecule has 0 heterocycles. The van der Waals surface area contributed by atoms with Crippen molar-refractivity contribution < 1.29 is 14.7 Å². The molecular formula is C9H19N3O3. The Hall–Kier alpha value is -1.14. The molecule has 2 amide bonds. The normalized spacial score (nSPS) is 16.5. The molecule has 6 N–H and O–H groups in total. The van der Waals surface area contributed by atoms with Crippen LogP contribution in [0.2, 0.25) is 0 Å². The highest BCUT2D eigenvalue weighted by atomic mass is 16.3. The number of carbonyl (C=O) groups is 2. The smallest absolute Gasteiger partial charge is 0.242 e. The summed E-state index contributed by atoms with van der Waals surface area (Å²) in [7, 11) is 0. The summed E-state index contributed by atoms with van der Waals surface area (Å²) in [6.07, 6.45) is 0.759. The highest BCUT2D eigenvalue weighted by Gasteiger charge is 2.23. The molecule has 0 aromatic carbocycles. The molecule has 0 unspecified atom stereocenters. The Morgan fingerprint density at radius 3 is 2.33 bits per heavy atom. The van der Waals surface area contributed by atoms with Crippen LogP contribution in [0.4, 0.5) is 0 Å². The number of nitrogens with one attached hydrogen (secondary N) is 1. The summed E-state index contributed by atoms with van der Waals surface area (Å²) in [6.45, 7) is 3.23. The van der Waals surface area contributed by atoms with Crippen LogP contribution in [0.3, 0.4) is 0 Å². The molecule has 6 nitrogen and oxygen atoms in total. The number of nitrogens with two attached hydrogens (primary N) is 2. The summed E-state index contributed by atoms with van der Waals surface area (Å²) in [4.78, 5) is 22.2. The Bertz CT molecular complexity index is 233. The molecule has 15 heavy (non-hydrogen) atoms. The summed E-state index contributed by atoms with van der Waals surface area (Å²) < 4.78 is 0. The molecule has 0 aliphatic heterocycles. The maximum Gasteiger partial charge on any atom is 0.242 e. The number of amides is 2. The Labute approximate surface area is 89.0 Å². The first-order valence-electron chi connectivity index (χ1n) is 4.90. The van der Waals surface area contributed by atoms with E-state index in [2.05, 4.69) is 5.32 Å². The summed E-state index contributed by atoms with van der Waals surface area (Å²) in [5.41, 5.74) is 10.6. The van der Waals surface area contributed by atoms with Gasteiger partial charge in [-0.1, -0.05) is 20.3 Å². The Morgan fingerprint density at radius 2 is 2.00 bits per heavy atom. The fourth-order valence-electron chi connectivity index (χ4n) is 0.987. The van der Waals surface area contributed by atoms with Crippen LogP contribution in [-0.2, 0) is 9.59 Å². The molecule has 0 saturated carbocycles. The van der Waals surface area contributed by atoms with E-state index >= 15 is 0 Å². The molecule has 0 bridgehead atoms. The van der Waals surface area contributed by atoms with Crippen molar-refractivity contribution in [1.29, 1.82) is 0 Å². The van der Waals surface area contributed by atoms with E-state index in [9.17, 15) is 9.59 Å². The van der Waals surface area contributed by atoms with Gasteiger partial charge in [-0.15, -0.1) is 0 Å². The number of rotatable bonds is 6. The first kappa shape index (κ1) is 13.9. The van der Waals surface area contributed by atoms with Gasteiger partial charge in [-0.25, -0.2) is 0 Å². The van der Waals surface area contributed by atoms with Gasteiger partial charge >= 0.3 is 0 Å². The highest BCUT2D eigenvalue weighted by molar-refractivity contribution is 5.89. The molecule has 0 radical (unpaired) electrons. The SMILES string of the molecule is CC[C@@H](C)[C@@H](N)C(=O)N[C@@H](CO)C(N)=O. The Morgan fingerprint density at radius 1 is 1.47 bits per heavy atom. The van der Waals surface area contributed by atoms with Crippen LogP contribution in [-0.4, -0.2) is 35.6 Å². The third-order valence-electron chi connectivity index (χ3n) is 2.40. The van der Waals surface area contributed by atoms with Gasteiger partial charge in [0.25, 0.3) is 0 Å². The first-order chi connectivity index (χ1) is 6.93. The van der Waals surface area contributed by atoms with Gasteiger partial charge in [0.15, 0.2) is 0 Å². The second-order valence-corrected chi connectivity index (χ2v) is 3.56. The molecule has 88 valence electrons. The molecule has 0 aromatic rings. The summed E-state index contributed by atoms with van der Waals surface area (Å²) in [6, 6.07) is -1.75. The standard InChI is InChI=1S/C9H19N3O3/c1-3-5(2)7(10)9(15)12-6(4-13)8(11)14/h5-7,13H,3-4,10H2,1-2H3,(H2,11,14)(H,12,15)/t5-,6+,7-/m1/s1. The fraction of sp³-hybridized carbons (Fsp3) is 0.778. The van der Waals surface area contributed by atoms with Crippen molar-refractivity contribution in [3.63, 3.8) is 0 Å². The van der Waals surface area contributed by atoms with E-state index in [0.29, 0.717) is 0 Å². The molecule has 0 spiro atoms. The van der Waals surface area contributed by atoms with Crippen LogP contribution in [0.25, 0.3) is 0 Å². The van der Waals surface area contributed by atoms with Gasteiger partial charge < -0.3 is 21.9 Å². The molecule has 0 aromatic heterocycles. The molecule has 6 heteroatoms. The van der Waals surface area contributed by atoms with E-state index in [1.54, 1.807) is 0 Å². The van der Waals surface area contributed by atoms with Crippen molar-refractivity contribution in [1.82, 2.24) is 5.32 Å². The number of aliphatic hydroxyl groups is 1. The van der Waals surface area contributed by atoms with Gasteiger partial charge in [-0.2, -0.15) is 0 Å². The van der Waals surface area contributed by atoms with Crippen LogP contribution in [0.5, 0.6) is 0 Å². The first-order valence-corrected chi connectivity index (χ1v) is 4.90. The van der Waals surface area contributed by atoms with E-state index < -0.39 is 30.5 Å². The number of hydrogen-bond donors (Lipinski definition) is 4. The molecule has 3 atom stereocenters. The maximum atomic E-state index is 11.5. The van der Waals surface area contributed by atoms with E-state index in [0.717, 1.165) is 6.42 Å². The zero-order valence-corrected chi connectivity index (χ0v) is 9.06. The third-order valence-corrected chi connectivity index (χ3v) is 2.40. The lowest BCUT2D eigenvalue weighted by Crippen LogP contribution is -2.53. The summed E-state index contributed by atoms with van der Waals surface area (Å²) in [5, 5.41) is 11.1. The number of carbonyl (C=O) groups excluding carboxylic acids is 2. The van der Waals surface area contributed by atoms with Crippen LogP contribution < -0.4 is 16.8 Å². The van der Waals surface area contributed by atoms with Gasteiger partial charge in [0.1, 0.15) is 6.04 Å². The second kappa shape index (κ2) is 6.36. The van der Waals surface area contributed by atoms with Crippen LogP contribution in [0, 0.1) is 5.92 Å². The lowest BCUT2D eigenvalue weighted by molar-refractivity contribution is -0.129. The van der Waals surface area contributed by atoms with E-state index in [-0.39, 0.29) is 5.92 Å². The van der Waals surface area contributed by atoms with Crippen molar-refractivity contribution in [3.05, 3.63) is 0 Å². The van der Waals surface area contributed by atoms with Crippen LogP contribution in [0.1, 0.15) is 20.3 Å². The third kappa shape index (κ3) is 4.26. The summed E-state index contributed by atoms with van der Waals surface area (Å²) in [5.74, 6) is -1.23. The monoisotopic (exact) mass is 217 g/mol. The zero-order valence-electron chi connectivity index (χ0n) is 9.06. The van der Waals surface area contributed by atoms with Crippen molar-refractivity contribution >= 4 is 11.8 Å². The largest absolute Gasteiger partial charge is 0.394 e. The molecule has 0 aliphatic rings. The Balaban J connectivity index is 4.28. The van der Waals surface area contributed by atoms with Gasteiger partial charge in [0.2, 0.25) is 11.8 Å². The predicted molar refractivity (Wildman–Crippen MR) is 55.6 cm³/mol. The van der Waals surface area contributed by atoms with Gasteiger partial charge in [-0.05, 0) is 5.92 Å². The number of primary amides is 1. The van der Waals surface area contributed by atoms with Crippen molar-refractivity contribution in [2.24, 2.45) is 17.4 Å². The zero-order chi connectivity index (χ0) is 12.0. The van der Waals surface area contributed by atoms with Crippen LogP contribution in [0.15, 0.2) is 0 Å². The van der Waals surface area contributed by atoms with Gasteiger partial charge in [0.05, 0.1) is 12.6 Å². The van der Waals surface area contributed by atoms with Crippen molar-refractivity contribution in [3.8, 4) is 0 Å². The second-order valence-electron chi connectivity index (χ2n) is 3.56. The van der Waals surface area contributed by atoms with Gasteiger partial charge in [0, 0.05) is 0 Å². The van der Waals surface area contributed by atoms with E-state index in [4.69, 9.17) is 16.6 Å². The minimum absolute atomic E-state index is 0.0113. The summed E-state index contributed by atoms with van der Waals surface area (Å²) >= 11 is 0. The van der Waals surface area contributed by atoms with Crippen LogP contribution >= 0.6 is 0 Å². The highest BCUT2D eigenvalue weighted by Crippen LogP contribution is 2.05. The van der Waals surface area contributed by atoms with Crippen molar-refractivity contribution in [2.45, 2.75) is 32.4 Å². The Kier molecular flexibility index (Phi) is 5.88. The topological polar surface area (TPSA) is 118 Å². The molecular weight excluding hydrogens is 198 g/mol. The minimum atomic E-state index is -1.06. The maximum absolute atomic E-state index is 11.5. The van der Waals surface area contributed by atoms with E-state index in [1.807, 2.05) is 13.8 Å². The fourth-order valence-corrected chi connectivity index (χ4v) is 0.987. The quantitative estimate of drug-likeness (QED) is 0.425. The van der Waals surface area contributed by atoms with Crippen molar-refractivity contribution in [2.75, 3.05) is 6.61 Å². The molecule has 0 saturated heterocycles. The molecule has 0 aliphatic carbocycles. The predicted octanol–water partition coefficient (Wildman–Crippen LogP) is -1.68. The lowest BCUT2D eigenvalue weighted by Gasteiger charge is -2.20. The minimum Gasteiger partial charge on any atom is -0.394 e. The lowest BCUT2D eigenvalue weighted by atomic mass is 9.99. The average Bonchev–Trinajstić information content (AvgIpc) is 2.22. The molecule has 0 fully saturated rings.